The molecule has 1 unspecified atom stereocenters. The highest BCUT2D eigenvalue weighted by atomic mass is 16.5. The van der Waals surface area contributed by atoms with Crippen molar-refractivity contribution in [1.29, 1.82) is 0 Å². The maximum atomic E-state index is 12.1. The van der Waals surface area contributed by atoms with Crippen LogP contribution >= 0.6 is 0 Å². The highest BCUT2D eigenvalue weighted by molar-refractivity contribution is 5.96. The molecule has 26 heavy (non-hydrogen) atoms. The van der Waals surface area contributed by atoms with Crippen molar-refractivity contribution in [2.45, 2.75) is 33.1 Å². The van der Waals surface area contributed by atoms with Gasteiger partial charge in [-0.25, -0.2) is 0 Å². The lowest BCUT2D eigenvalue weighted by Gasteiger charge is -2.29. The van der Waals surface area contributed by atoms with Gasteiger partial charge < -0.3 is 20.3 Å². The fourth-order valence-electron chi connectivity index (χ4n) is 3.13. The summed E-state index contributed by atoms with van der Waals surface area (Å²) in [7, 11) is 0. The Labute approximate surface area is 156 Å². The molecule has 0 spiro atoms. The van der Waals surface area contributed by atoms with E-state index in [0.29, 0.717) is 24.6 Å². The predicted molar refractivity (Wildman–Crippen MR) is 102 cm³/mol. The van der Waals surface area contributed by atoms with E-state index in [1.807, 2.05) is 6.92 Å². The number of carbonyl (C=O) groups excluding carboxylic acids is 2. The summed E-state index contributed by atoms with van der Waals surface area (Å²) >= 11 is 0. The van der Waals surface area contributed by atoms with Crippen molar-refractivity contribution in [3.05, 3.63) is 29.8 Å². The average Bonchev–Trinajstić information content (AvgIpc) is 2.66. The highest BCUT2D eigenvalue weighted by Gasteiger charge is 2.14. The first-order valence-corrected chi connectivity index (χ1v) is 9.58. The van der Waals surface area contributed by atoms with E-state index in [-0.39, 0.29) is 18.4 Å². The van der Waals surface area contributed by atoms with E-state index in [9.17, 15) is 9.59 Å². The molecule has 0 aromatic heterocycles. The molecule has 0 aliphatic carbocycles. The van der Waals surface area contributed by atoms with Crippen molar-refractivity contribution in [3.63, 3.8) is 0 Å². The molecule has 1 aliphatic heterocycles. The molecule has 1 atom stereocenters. The molecule has 1 aromatic carbocycles. The van der Waals surface area contributed by atoms with Crippen LogP contribution in [0.5, 0.6) is 5.75 Å². The minimum absolute atomic E-state index is 0.0114. The lowest BCUT2D eigenvalue weighted by molar-refractivity contribution is -0.120. The molecule has 1 aromatic rings. The normalized spacial score (nSPS) is 15.9. The third-order valence-corrected chi connectivity index (χ3v) is 4.50. The predicted octanol–water partition coefficient (Wildman–Crippen LogP) is 2.05. The zero-order valence-corrected chi connectivity index (χ0v) is 15.9. The number of hydrogen-bond donors (Lipinski definition) is 2. The number of hydrogen-bond acceptors (Lipinski definition) is 4. The second-order valence-electron chi connectivity index (χ2n) is 6.91. The van der Waals surface area contributed by atoms with Gasteiger partial charge in [0.2, 0.25) is 5.91 Å². The fourth-order valence-corrected chi connectivity index (χ4v) is 3.13. The molecule has 1 heterocycles. The number of ether oxygens (including phenoxy) is 1. The second kappa shape index (κ2) is 10.8. The summed E-state index contributed by atoms with van der Waals surface area (Å²) in [6, 6.07) is 6.89. The molecule has 1 aliphatic rings. The smallest absolute Gasteiger partial charge is 0.251 e. The molecular formula is C20H31N3O3. The van der Waals surface area contributed by atoms with Gasteiger partial charge in [0.25, 0.3) is 5.91 Å². The van der Waals surface area contributed by atoms with E-state index < -0.39 is 0 Å². The van der Waals surface area contributed by atoms with Crippen LogP contribution in [0, 0.1) is 5.92 Å². The first kappa shape index (κ1) is 20.2. The van der Waals surface area contributed by atoms with Gasteiger partial charge in [-0.2, -0.15) is 0 Å². The van der Waals surface area contributed by atoms with Gasteiger partial charge >= 0.3 is 0 Å². The SMILES string of the molecule is CCOc1ccc(C(=O)NCC(=O)NCC(C)CN2CCCCC2)cc1. The van der Waals surface area contributed by atoms with E-state index in [1.165, 1.54) is 19.3 Å². The van der Waals surface area contributed by atoms with Gasteiger partial charge in [0.05, 0.1) is 13.2 Å². The number of carbonyl (C=O) groups is 2. The van der Waals surface area contributed by atoms with E-state index in [0.717, 1.165) is 25.4 Å². The van der Waals surface area contributed by atoms with Gasteiger partial charge in [-0.15, -0.1) is 0 Å². The molecule has 0 radical (unpaired) electrons. The first-order chi connectivity index (χ1) is 12.6. The summed E-state index contributed by atoms with van der Waals surface area (Å²) in [6.45, 7) is 8.60. The molecule has 2 rings (SSSR count). The number of amides is 2. The Morgan fingerprint density at radius 2 is 1.81 bits per heavy atom. The molecule has 1 fully saturated rings. The highest BCUT2D eigenvalue weighted by Crippen LogP contribution is 2.12. The van der Waals surface area contributed by atoms with Crippen LogP contribution in [0.1, 0.15) is 43.5 Å². The van der Waals surface area contributed by atoms with Crippen molar-refractivity contribution < 1.29 is 14.3 Å². The third kappa shape index (κ3) is 7.04. The average molecular weight is 361 g/mol. The lowest BCUT2D eigenvalue weighted by Crippen LogP contribution is -2.41. The van der Waals surface area contributed by atoms with Gasteiger partial charge in [-0.3, -0.25) is 9.59 Å². The van der Waals surface area contributed by atoms with Gasteiger partial charge in [0, 0.05) is 18.7 Å². The quantitative estimate of drug-likeness (QED) is 0.706. The minimum Gasteiger partial charge on any atom is -0.494 e. The third-order valence-electron chi connectivity index (χ3n) is 4.50. The van der Waals surface area contributed by atoms with E-state index in [4.69, 9.17) is 4.74 Å². The molecular weight excluding hydrogens is 330 g/mol. The molecule has 6 heteroatoms. The van der Waals surface area contributed by atoms with Crippen molar-refractivity contribution >= 4 is 11.8 Å². The van der Waals surface area contributed by atoms with Crippen molar-refractivity contribution in [3.8, 4) is 5.75 Å². The Bertz CT molecular complexity index is 568. The number of nitrogens with one attached hydrogen (secondary N) is 2. The van der Waals surface area contributed by atoms with Gasteiger partial charge in [-0.1, -0.05) is 13.3 Å². The Morgan fingerprint density at radius 3 is 2.46 bits per heavy atom. The maximum Gasteiger partial charge on any atom is 0.251 e. The summed E-state index contributed by atoms with van der Waals surface area (Å²) in [5.74, 6) is 0.711. The molecule has 6 nitrogen and oxygen atoms in total. The van der Waals surface area contributed by atoms with Crippen LogP contribution in [0.15, 0.2) is 24.3 Å². The molecule has 2 amide bonds. The number of likely N-dealkylation sites (tertiary alicyclic amines) is 1. The molecule has 1 saturated heterocycles. The van der Waals surface area contributed by atoms with Crippen LogP contribution in [-0.2, 0) is 4.79 Å². The maximum absolute atomic E-state index is 12.1. The lowest BCUT2D eigenvalue weighted by atomic mass is 10.1. The van der Waals surface area contributed by atoms with Crippen LogP contribution < -0.4 is 15.4 Å². The summed E-state index contributed by atoms with van der Waals surface area (Å²) < 4.78 is 5.35. The number of piperidine rings is 1. The Kier molecular flexibility index (Phi) is 8.41. The van der Waals surface area contributed by atoms with Gasteiger partial charge in [0.1, 0.15) is 5.75 Å². The zero-order valence-electron chi connectivity index (χ0n) is 15.9. The van der Waals surface area contributed by atoms with Crippen LogP contribution in [0.2, 0.25) is 0 Å². The first-order valence-electron chi connectivity index (χ1n) is 9.58. The van der Waals surface area contributed by atoms with Gasteiger partial charge in [-0.05, 0) is 63.0 Å². The van der Waals surface area contributed by atoms with Crippen molar-refractivity contribution in [1.82, 2.24) is 15.5 Å². The zero-order chi connectivity index (χ0) is 18.8. The van der Waals surface area contributed by atoms with E-state index in [1.54, 1.807) is 24.3 Å². The minimum atomic E-state index is -0.260. The fraction of sp³-hybridized carbons (Fsp3) is 0.600. The summed E-state index contributed by atoms with van der Waals surface area (Å²) in [4.78, 5) is 26.5. The second-order valence-corrected chi connectivity index (χ2v) is 6.91. The molecule has 2 N–H and O–H groups in total. The van der Waals surface area contributed by atoms with Crippen LogP contribution in [0.4, 0.5) is 0 Å². The Balaban J connectivity index is 1.64. The van der Waals surface area contributed by atoms with Gasteiger partial charge in [0.15, 0.2) is 0 Å². The standard InChI is InChI=1S/C20H31N3O3/c1-3-26-18-9-7-17(8-10-18)20(25)22-14-19(24)21-13-16(2)15-23-11-5-4-6-12-23/h7-10,16H,3-6,11-15H2,1-2H3,(H,21,24)(H,22,25). The largest absolute Gasteiger partial charge is 0.494 e. The number of rotatable bonds is 9. The van der Waals surface area contributed by atoms with Crippen molar-refractivity contribution in [2.75, 3.05) is 39.3 Å². The monoisotopic (exact) mass is 361 g/mol. The van der Waals surface area contributed by atoms with E-state index in [2.05, 4.69) is 22.5 Å². The van der Waals surface area contributed by atoms with E-state index >= 15 is 0 Å². The van der Waals surface area contributed by atoms with Crippen LogP contribution in [0.3, 0.4) is 0 Å². The molecule has 144 valence electrons. The summed E-state index contributed by atoms with van der Waals surface area (Å²) in [5, 5.41) is 5.56. The summed E-state index contributed by atoms with van der Waals surface area (Å²) in [5.41, 5.74) is 0.514. The number of nitrogens with zero attached hydrogens (tertiary/aromatic N) is 1. The summed E-state index contributed by atoms with van der Waals surface area (Å²) in [6.07, 6.45) is 3.88. The molecule has 0 saturated carbocycles. The van der Waals surface area contributed by atoms with Crippen molar-refractivity contribution in [2.24, 2.45) is 5.92 Å². The molecule has 0 bridgehead atoms. The van der Waals surface area contributed by atoms with Crippen LogP contribution in [-0.4, -0.2) is 56.0 Å². The van der Waals surface area contributed by atoms with Crippen LogP contribution in [0.25, 0.3) is 0 Å². The number of benzene rings is 1. The Morgan fingerprint density at radius 1 is 1.12 bits per heavy atom. The topological polar surface area (TPSA) is 70.7 Å². The Hall–Kier alpha value is -2.08.